The molecule has 13 N–H and O–H groups in total. The minimum absolute atomic E-state index is 0.0246. The van der Waals surface area contributed by atoms with Crippen molar-refractivity contribution in [3.63, 3.8) is 0 Å². The van der Waals surface area contributed by atoms with Crippen molar-refractivity contribution in [2.45, 2.75) is 331 Å². The van der Waals surface area contributed by atoms with Crippen LogP contribution < -0.4 is 10.6 Å². The van der Waals surface area contributed by atoms with Crippen molar-refractivity contribution in [3.8, 4) is 0 Å². The van der Waals surface area contributed by atoms with Crippen molar-refractivity contribution in [3.05, 3.63) is 6.66 Å². The Hall–Kier alpha value is -3.85. The van der Waals surface area contributed by atoms with Crippen LogP contribution in [0.5, 0.6) is 0 Å². The second-order valence-corrected chi connectivity index (χ2v) is 33.5. The average molecular weight is 1670 g/mol. The van der Waals surface area contributed by atoms with Gasteiger partial charge < -0.3 is 119 Å². The van der Waals surface area contributed by atoms with Gasteiger partial charge in [0.1, 0.15) is 65.5 Å². The summed E-state index contributed by atoms with van der Waals surface area (Å²) in [6, 6.07) is -0.508. The highest BCUT2D eigenvalue weighted by molar-refractivity contribution is 7.54. The lowest BCUT2D eigenvalue weighted by molar-refractivity contribution is -0.282. The molecule has 668 valence electrons. The predicted molar refractivity (Wildman–Crippen MR) is 419 cm³/mol. The third-order valence-electron chi connectivity index (χ3n) is 21.8. The highest BCUT2D eigenvalue weighted by Gasteiger charge is 2.45. The minimum atomic E-state index is -3.99. The Morgan fingerprint density at radius 3 is 1.12 bits per heavy atom. The van der Waals surface area contributed by atoms with Crippen LogP contribution in [0.4, 0.5) is 0 Å². The van der Waals surface area contributed by atoms with Gasteiger partial charge in [-0.3, -0.25) is 42.9 Å². The zero-order valence-corrected chi connectivity index (χ0v) is 69.5. The lowest BCUT2D eigenvalue weighted by Crippen LogP contribution is -2.55. The van der Waals surface area contributed by atoms with E-state index >= 15 is 0 Å². The summed E-state index contributed by atoms with van der Waals surface area (Å²) >= 11 is 0. The van der Waals surface area contributed by atoms with Crippen LogP contribution in [0.15, 0.2) is 0 Å². The number of ketones is 5. The molecule has 4 rings (SSSR count). The molecule has 0 aromatic rings. The van der Waals surface area contributed by atoms with Gasteiger partial charge in [0, 0.05) is 146 Å². The van der Waals surface area contributed by atoms with Crippen LogP contribution in [0, 0.1) is 29.8 Å². The summed E-state index contributed by atoms with van der Waals surface area (Å²) in [5, 5.41) is 106. The molecule has 4 aliphatic heterocycles. The van der Waals surface area contributed by atoms with Crippen LogP contribution in [0.1, 0.15) is 245 Å². The first-order valence-electron chi connectivity index (χ1n) is 42.4. The molecule has 33 nitrogen and oxygen atoms in total. The molecule has 3 amide bonds. The third kappa shape index (κ3) is 42.5. The standard InChI is InChI=1S/C81H143N3O30P/c1-56-72(97)75(100)66(49-85)112-78(56)108-40-22-19-30-60(88)26-14-11-16-28-62(90)35-43-105-53-81(47-64(92)32-13-9-7-5-6-8-10-18-34-71(96)84-48-65(93)46-59(84)52-111-115(4,103)104,54-106-44-36-63(91)29-17-12-15-27-61(89)31-20-23-41-109-79-57(2)73(98)76(101)67(50-86)113-79)55-107-45-37-70(95)83-39-25-38-82-69(94)33-21-24-42-110-80-58(3)74(99)77(102)68(51-87)114-80/h56-59,65-68,72-80,85-87,93,97-102H,4-55H2,1-3H3,(H,82,94)(H,83,95)(H,103,104)/q-1/t56?,57?,58?,59?,65-,66?,67?,68?,72?,73?,74?,75?,76?,77?,78?,79?,80?,81?/m1/s1. The van der Waals surface area contributed by atoms with E-state index < -0.39 is 137 Å². The molecule has 4 fully saturated rings. The lowest BCUT2D eigenvalue weighted by Gasteiger charge is -2.40. The maximum Gasteiger partial charge on any atom is 0.222 e. The minimum Gasteiger partial charge on any atom is -0.394 e. The van der Waals surface area contributed by atoms with Crippen LogP contribution in [-0.2, 0) is 90.1 Å². The number of likely N-dealkylation sites (tertiary alicyclic amines) is 1. The number of aliphatic hydroxyl groups excluding tert-OH is 10. The fraction of sp³-hybridized carbons (Fsp3) is 0.889. The van der Waals surface area contributed by atoms with Crippen LogP contribution in [0.25, 0.3) is 0 Å². The van der Waals surface area contributed by atoms with E-state index in [-0.39, 0.29) is 190 Å². The van der Waals surface area contributed by atoms with Gasteiger partial charge in [0.2, 0.25) is 17.7 Å². The van der Waals surface area contributed by atoms with E-state index in [0.717, 1.165) is 38.5 Å². The van der Waals surface area contributed by atoms with Crippen LogP contribution in [0.3, 0.4) is 0 Å². The van der Waals surface area contributed by atoms with Crippen molar-refractivity contribution >= 4 is 54.2 Å². The Morgan fingerprint density at radius 1 is 0.417 bits per heavy atom. The molecule has 4 heterocycles. The summed E-state index contributed by atoms with van der Waals surface area (Å²) in [6.45, 7) is 7.82. The number of nitrogens with zero attached hydrogens (tertiary/aromatic N) is 1. The van der Waals surface area contributed by atoms with Gasteiger partial charge in [-0.1, -0.05) is 72.1 Å². The van der Waals surface area contributed by atoms with Crippen LogP contribution >= 0.6 is 7.60 Å². The van der Waals surface area contributed by atoms with Gasteiger partial charge in [-0.05, 0) is 89.9 Å². The maximum absolute atomic E-state index is 14.2. The van der Waals surface area contributed by atoms with Crippen molar-refractivity contribution in [1.82, 2.24) is 15.5 Å². The first-order chi connectivity index (χ1) is 55.0. The summed E-state index contributed by atoms with van der Waals surface area (Å²) in [6.07, 6.45) is 3.77. The summed E-state index contributed by atoms with van der Waals surface area (Å²) in [5.41, 5.74) is -1.10. The Kier molecular flexibility index (Phi) is 53.1. The summed E-state index contributed by atoms with van der Waals surface area (Å²) in [4.78, 5) is 116. The largest absolute Gasteiger partial charge is 0.394 e. The van der Waals surface area contributed by atoms with Gasteiger partial charge in [0.15, 0.2) is 26.5 Å². The first-order valence-corrected chi connectivity index (χ1v) is 44.1. The van der Waals surface area contributed by atoms with E-state index in [0.29, 0.717) is 129 Å². The van der Waals surface area contributed by atoms with E-state index in [1.54, 1.807) is 20.8 Å². The molecule has 34 heteroatoms. The molecule has 115 heavy (non-hydrogen) atoms. The lowest BCUT2D eigenvalue weighted by atomic mass is 9.83. The number of aliphatic hydroxyl groups is 10. The number of carbonyl (C=O) groups excluding carboxylic acids is 8. The Balaban J connectivity index is 1.28. The third-order valence-corrected chi connectivity index (χ3v) is 22.4. The van der Waals surface area contributed by atoms with Crippen molar-refractivity contribution in [2.24, 2.45) is 23.2 Å². The molecule has 0 aromatic heterocycles. The number of rotatable bonds is 68. The molecule has 17 unspecified atom stereocenters. The Morgan fingerprint density at radius 2 is 0.739 bits per heavy atom. The number of nitrogens with one attached hydrogen (secondary N) is 2. The number of unbranched alkanes of at least 4 members (excludes halogenated alkanes) is 14. The Bertz CT molecular complexity index is 2570. The van der Waals surface area contributed by atoms with Gasteiger partial charge in [-0.15, -0.1) is 0 Å². The molecular weight excluding hydrogens is 1530 g/mol. The summed E-state index contributed by atoms with van der Waals surface area (Å²) < 4.78 is 69.3. The molecule has 0 aliphatic carbocycles. The zero-order valence-electron chi connectivity index (χ0n) is 68.7. The number of β-amino-alcohol motifs (C(OH)–C–C–N with tert-alkyl or cyclic N) is 1. The van der Waals surface area contributed by atoms with Crippen LogP contribution in [-0.4, -0.2) is 299 Å². The highest BCUT2D eigenvalue weighted by Crippen LogP contribution is 2.40. The topological polar surface area (TPSA) is 496 Å². The number of amides is 3. The fourth-order valence-corrected chi connectivity index (χ4v) is 14.9. The second-order valence-electron chi connectivity index (χ2n) is 32.0. The van der Waals surface area contributed by atoms with E-state index in [4.69, 9.17) is 47.2 Å². The van der Waals surface area contributed by atoms with Crippen molar-refractivity contribution in [2.75, 3.05) is 106 Å². The highest BCUT2D eigenvalue weighted by atomic mass is 31.2. The number of hydrogen-bond donors (Lipinski definition) is 13. The zero-order chi connectivity index (χ0) is 84.6. The monoisotopic (exact) mass is 1670 g/mol. The van der Waals surface area contributed by atoms with Gasteiger partial charge in [0.25, 0.3) is 0 Å². The molecule has 18 atom stereocenters. The molecule has 0 radical (unpaired) electrons. The molecule has 0 spiro atoms. The Labute approximate surface area is 679 Å². The van der Waals surface area contributed by atoms with Gasteiger partial charge >= 0.3 is 0 Å². The molecule has 4 aliphatic rings. The molecule has 0 saturated carbocycles. The van der Waals surface area contributed by atoms with E-state index in [1.807, 2.05) is 0 Å². The first kappa shape index (κ1) is 103. The number of ether oxygens (including phenoxy) is 9. The fourth-order valence-electron chi connectivity index (χ4n) is 14.5. The summed E-state index contributed by atoms with van der Waals surface area (Å²) in [7, 11) is -3.99. The number of hydrogen-bond acceptors (Lipinski definition) is 29. The van der Waals surface area contributed by atoms with Gasteiger partial charge in [-0.2, -0.15) is 0 Å². The molecule has 4 saturated heterocycles. The molecule has 0 aromatic carbocycles. The predicted octanol–water partition coefficient (Wildman–Crippen LogP) is 4.59. The smallest absolute Gasteiger partial charge is 0.222 e. The SMILES string of the molecule is [CH2-]P(=O)(O)OCC1C[C@@H](O)CN1C(=O)CCCCCCCCCCC(=O)CC(COCCC(=O)CCCCCC(=O)CCCCOC1OC(CO)C(O)C(O)C1C)(COCCC(=O)CCCCCC(=O)CCCCOC1OC(CO)C(O)C(O)C1C)COCCC(=O)NCCCNC(=O)CCCCOC1OC(CO)C(O)C(O)C1C. The maximum atomic E-state index is 14.2. The second kappa shape index (κ2) is 59.0. The molecular formula is C81H143N3O30P-. The quantitative estimate of drug-likeness (QED) is 0.0225. The average Bonchev–Trinajstić information content (AvgIpc) is 1.71. The van der Waals surface area contributed by atoms with E-state index in [9.17, 15) is 98.9 Å². The van der Waals surface area contributed by atoms with Gasteiger partial charge in [0.05, 0.1) is 96.5 Å². The van der Waals surface area contributed by atoms with Crippen molar-refractivity contribution < 1.29 is 146 Å². The van der Waals surface area contributed by atoms with E-state index in [2.05, 4.69) is 17.3 Å². The normalized spacial score (nSPS) is 26.8. The van der Waals surface area contributed by atoms with E-state index in [1.165, 1.54) is 4.90 Å². The van der Waals surface area contributed by atoms with Crippen LogP contribution in [0.2, 0.25) is 0 Å². The molecule has 0 bridgehead atoms. The van der Waals surface area contributed by atoms with Crippen molar-refractivity contribution in [1.29, 1.82) is 0 Å². The number of Topliss-reactive ketones (excluding diaryl/α,β-unsaturated/α-hetero) is 5. The van der Waals surface area contributed by atoms with Gasteiger partial charge in [-0.25, -0.2) is 6.66 Å². The number of carbonyl (C=O) groups is 8. The summed E-state index contributed by atoms with van der Waals surface area (Å²) in [5.74, 6) is -2.20.